The molecule has 0 aromatic carbocycles. The molecule has 0 aliphatic heterocycles. The number of Topliss-reactive ketones (excluding diaryl/α,β-unsaturated/α-hetero) is 1. The largest absolute Gasteiger partial charge is 0.512 e. The monoisotopic (exact) mass is 533 g/mol. The van der Waals surface area contributed by atoms with Crippen LogP contribution in [0.3, 0.4) is 0 Å². The molecule has 0 saturated heterocycles. The Hall–Kier alpha value is -2.43. The van der Waals surface area contributed by atoms with Gasteiger partial charge in [0.25, 0.3) is 5.91 Å². The second-order valence-electron chi connectivity index (χ2n) is 12.4. The maximum Gasteiger partial charge on any atom is 0.308 e. The molecule has 38 heavy (non-hydrogen) atoms. The minimum absolute atomic E-state index is 0.00147. The number of hydrogen-bond acceptors (Lipinski definition) is 9. The molecule has 5 aliphatic rings. The van der Waals surface area contributed by atoms with Crippen LogP contribution in [-0.2, 0) is 19.1 Å². The van der Waals surface area contributed by atoms with Gasteiger partial charge in [0.2, 0.25) is 0 Å². The van der Waals surface area contributed by atoms with Crippen molar-refractivity contribution in [1.82, 2.24) is 0 Å². The lowest BCUT2D eigenvalue weighted by Crippen LogP contribution is -2.61. The number of fused-ring (bicyclic) bond motifs is 3. The minimum atomic E-state index is -2.34. The summed E-state index contributed by atoms with van der Waals surface area (Å²) in [5, 5.41) is 55.1. The molecule has 11 atom stereocenters. The molecule has 7 N–H and O–H groups in total. The lowest BCUT2D eigenvalue weighted by atomic mass is 9.51. The molecule has 10 heteroatoms. The van der Waals surface area contributed by atoms with Crippen LogP contribution in [0.1, 0.15) is 58.3 Å². The van der Waals surface area contributed by atoms with Crippen LogP contribution in [0.25, 0.3) is 0 Å². The summed E-state index contributed by atoms with van der Waals surface area (Å²) >= 11 is 0. The molecule has 0 radical (unpaired) electrons. The van der Waals surface area contributed by atoms with E-state index in [9.17, 15) is 39.9 Å². The van der Waals surface area contributed by atoms with E-state index in [0.717, 1.165) is 19.3 Å². The lowest BCUT2D eigenvalue weighted by Gasteiger charge is -2.54. The Labute approximate surface area is 221 Å². The highest BCUT2D eigenvalue weighted by atomic mass is 16.5. The average molecular weight is 534 g/mol. The Bertz CT molecular complexity index is 1100. The van der Waals surface area contributed by atoms with Crippen molar-refractivity contribution in [2.24, 2.45) is 53.1 Å². The first-order valence-electron chi connectivity index (χ1n) is 13.8. The van der Waals surface area contributed by atoms with Crippen molar-refractivity contribution >= 4 is 17.7 Å². The van der Waals surface area contributed by atoms with E-state index < -0.39 is 64.3 Å². The lowest BCUT2D eigenvalue weighted by molar-refractivity contribution is -0.152. The van der Waals surface area contributed by atoms with Gasteiger partial charge in [0.15, 0.2) is 11.4 Å². The summed E-state index contributed by atoms with van der Waals surface area (Å²) in [6.07, 6.45) is 1.17. The third kappa shape index (κ3) is 3.98. The second kappa shape index (κ2) is 9.64. The molecule has 0 heterocycles. The van der Waals surface area contributed by atoms with Crippen LogP contribution in [0, 0.1) is 47.3 Å². The van der Waals surface area contributed by atoms with Crippen molar-refractivity contribution in [3.05, 3.63) is 22.7 Å². The fraction of sp³-hybridized carbons (Fsp3) is 0.750. The van der Waals surface area contributed by atoms with Crippen LogP contribution in [-0.4, -0.2) is 68.1 Å². The number of ether oxygens (including phenoxy) is 1. The number of aliphatic hydroxyl groups is 5. The second-order valence-corrected chi connectivity index (χ2v) is 12.4. The van der Waals surface area contributed by atoms with Gasteiger partial charge in [-0.05, 0) is 74.5 Å². The van der Waals surface area contributed by atoms with Crippen molar-refractivity contribution in [2.75, 3.05) is 7.11 Å². The standard InChI is InChI=1S/C28H39NO9/c1-11-5-12(7-14(6-11)27(36)38-2)16-3-4-18(30)21-17(16)9-13-8-15-10-19(31)22(26(29)35)25(34)28(15,37)24(33)20(13)23(21)32/h11-18,21,25,30-31,33-34,37H,3-10H2,1-2H3,(H2,29,35)/t11?,12?,13-,14?,15+,16?,17?,18?,21?,25?,28+/m1/s1. The highest BCUT2D eigenvalue weighted by Crippen LogP contribution is 2.57. The Morgan fingerprint density at radius 3 is 2.39 bits per heavy atom. The normalized spacial score (nSPS) is 45.1. The van der Waals surface area contributed by atoms with Crippen molar-refractivity contribution in [2.45, 2.75) is 76.1 Å². The Balaban J connectivity index is 1.49. The fourth-order valence-electron chi connectivity index (χ4n) is 8.82. The number of amides is 1. The van der Waals surface area contributed by atoms with Gasteiger partial charge in [-0.2, -0.15) is 0 Å². The highest BCUT2D eigenvalue weighted by molar-refractivity contribution is 6.00. The quantitative estimate of drug-likeness (QED) is 0.292. The average Bonchev–Trinajstić information content (AvgIpc) is 2.85. The van der Waals surface area contributed by atoms with E-state index in [4.69, 9.17) is 10.5 Å². The van der Waals surface area contributed by atoms with Gasteiger partial charge >= 0.3 is 5.97 Å². The number of primary amides is 1. The Kier molecular flexibility index (Phi) is 6.89. The number of carbonyl (C=O) groups is 3. The number of allylic oxidation sites excluding steroid dienone is 2. The van der Waals surface area contributed by atoms with Crippen LogP contribution in [0.2, 0.25) is 0 Å². The Morgan fingerprint density at radius 1 is 1.03 bits per heavy atom. The first-order valence-corrected chi connectivity index (χ1v) is 13.8. The zero-order valence-corrected chi connectivity index (χ0v) is 21.9. The molecule has 3 fully saturated rings. The molecule has 10 nitrogen and oxygen atoms in total. The topological polar surface area (TPSA) is 188 Å². The van der Waals surface area contributed by atoms with Gasteiger partial charge in [0, 0.05) is 17.9 Å². The van der Waals surface area contributed by atoms with E-state index in [0.29, 0.717) is 25.2 Å². The summed E-state index contributed by atoms with van der Waals surface area (Å²) in [5.41, 5.74) is 2.41. The molecule has 5 rings (SSSR count). The zero-order valence-electron chi connectivity index (χ0n) is 21.9. The molecule has 210 valence electrons. The number of nitrogens with two attached hydrogens (primary N) is 1. The highest BCUT2D eigenvalue weighted by Gasteiger charge is 2.62. The van der Waals surface area contributed by atoms with E-state index in [2.05, 4.69) is 6.92 Å². The first-order chi connectivity index (χ1) is 17.9. The van der Waals surface area contributed by atoms with Crippen molar-refractivity contribution in [3.63, 3.8) is 0 Å². The van der Waals surface area contributed by atoms with Gasteiger partial charge < -0.3 is 36.0 Å². The number of methoxy groups -OCH3 is 1. The molecule has 0 spiro atoms. The third-order valence-electron chi connectivity index (χ3n) is 10.4. The van der Waals surface area contributed by atoms with Gasteiger partial charge in [-0.15, -0.1) is 0 Å². The molecular formula is C28H39NO9. The summed E-state index contributed by atoms with van der Waals surface area (Å²) < 4.78 is 5.03. The van der Waals surface area contributed by atoms with E-state index in [1.165, 1.54) is 7.11 Å². The number of carbonyl (C=O) groups excluding carboxylic acids is 3. The molecule has 0 bridgehead atoms. The van der Waals surface area contributed by atoms with Crippen molar-refractivity contribution in [1.29, 1.82) is 0 Å². The molecule has 5 aliphatic carbocycles. The third-order valence-corrected chi connectivity index (χ3v) is 10.4. The summed E-state index contributed by atoms with van der Waals surface area (Å²) in [6.45, 7) is 2.12. The number of ketones is 1. The van der Waals surface area contributed by atoms with Gasteiger partial charge in [0.05, 0.1) is 30.6 Å². The van der Waals surface area contributed by atoms with Gasteiger partial charge in [-0.25, -0.2) is 0 Å². The van der Waals surface area contributed by atoms with E-state index in [1.54, 1.807) is 0 Å². The zero-order chi connectivity index (χ0) is 27.7. The summed E-state index contributed by atoms with van der Waals surface area (Å²) in [4.78, 5) is 38.2. The smallest absolute Gasteiger partial charge is 0.308 e. The molecular weight excluding hydrogens is 494 g/mol. The summed E-state index contributed by atoms with van der Waals surface area (Å²) in [7, 11) is 1.40. The van der Waals surface area contributed by atoms with E-state index >= 15 is 0 Å². The van der Waals surface area contributed by atoms with Crippen molar-refractivity contribution < 1.29 is 44.7 Å². The maximum absolute atomic E-state index is 13.9. The molecule has 0 aromatic rings. The summed E-state index contributed by atoms with van der Waals surface area (Å²) in [5.74, 6) is -4.64. The summed E-state index contributed by atoms with van der Waals surface area (Å²) in [6, 6.07) is 0. The molecule has 8 unspecified atom stereocenters. The minimum Gasteiger partial charge on any atom is -0.512 e. The van der Waals surface area contributed by atoms with Gasteiger partial charge in [0.1, 0.15) is 17.6 Å². The predicted octanol–water partition coefficient (Wildman–Crippen LogP) is 1.43. The van der Waals surface area contributed by atoms with Crippen LogP contribution < -0.4 is 5.73 Å². The van der Waals surface area contributed by atoms with Crippen LogP contribution in [0.5, 0.6) is 0 Å². The van der Waals surface area contributed by atoms with Crippen LogP contribution >= 0.6 is 0 Å². The molecule has 1 amide bonds. The predicted molar refractivity (Wildman–Crippen MR) is 133 cm³/mol. The van der Waals surface area contributed by atoms with Gasteiger partial charge in [-0.3, -0.25) is 14.4 Å². The molecule has 0 aromatic heterocycles. The number of aliphatic hydroxyl groups excluding tert-OH is 4. The fourth-order valence-corrected chi connectivity index (χ4v) is 8.82. The maximum atomic E-state index is 13.9. The van der Waals surface area contributed by atoms with E-state index in [1.807, 2.05) is 0 Å². The number of rotatable bonds is 3. The molecule has 3 saturated carbocycles. The van der Waals surface area contributed by atoms with Crippen molar-refractivity contribution in [3.8, 4) is 0 Å². The van der Waals surface area contributed by atoms with Crippen LogP contribution in [0.15, 0.2) is 22.7 Å². The number of hydrogen-bond donors (Lipinski definition) is 6. The van der Waals surface area contributed by atoms with E-state index in [-0.39, 0.29) is 48.1 Å². The Morgan fingerprint density at radius 2 is 1.74 bits per heavy atom. The number of esters is 1. The first kappa shape index (κ1) is 27.1. The van der Waals surface area contributed by atoms with Crippen LogP contribution in [0.4, 0.5) is 0 Å². The SMILES string of the molecule is COC(=O)C1CC(C)CC(C2CCC(O)C3C(=O)C4=C(O)[C@]5(O)C(O)C(C(N)=O)=C(O)C[C@@H]5C[C@@H]4CC23)C1. The van der Waals surface area contributed by atoms with Gasteiger partial charge in [-0.1, -0.05) is 6.92 Å².